The molecule has 1 aliphatic rings. The van der Waals surface area contributed by atoms with Crippen LogP contribution in [0.25, 0.3) is 0 Å². The highest BCUT2D eigenvalue weighted by Crippen LogP contribution is 2.27. The van der Waals surface area contributed by atoms with Crippen LogP contribution in [0.15, 0.2) is 24.3 Å². The SMILES string of the molecule is CC(C)n1c(CNC(=O)[C@H]2OCCc3ccccc32)n[nH]c1=S. The minimum absolute atomic E-state index is 0.152. The van der Waals surface area contributed by atoms with Gasteiger partial charge in [-0.3, -0.25) is 9.89 Å². The number of aromatic nitrogens is 3. The van der Waals surface area contributed by atoms with Crippen LogP contribution >= 0.6 is 12.2 Å². The molecule has 1 atom stereocenters. The van der Waals surface area contributed by atoms with Gasteiger partial charge in [0, 0.05) is 6.04 Å². The first-order valence-corrected chi connectivity index (χ1v) is 8.11. The Balaban J connectivity index is 1.73. The molecule has 0 spiro atoms. The Kier molecular flexibility index (Phi) is 4.58. The molecular formula is C16H20N4O2S. The first-order chi connectivity index (χ1) is 11.1. The number of nitrogens with one attached hydrogen (secondary N) is 2. The van der Waals surface area contributed by atoms with Gasteiger partial charge in [-0.2, -0.15) is 5.10 Å². The predicted octanol–water partition coefficient (Wildman–Crippen LogP) is 2.45. The Bertz CT molecular complexity index is 765. The highest BCUT2D eigenvalue weighted by molar-refractivity contribution is 7.71. The number of H-pyrrole nitrogens is 1. The Morgan fingerprint density at radius 1 is 1.52 bits per heavy atom. The van der Waals surface area contributed by atoms with Crippen molar-refractivity contribution >= 4 is 18.1 Å². The van der Waals surface area contributed by atoms with E-state index in [4.69, 9.17) is 17.0 Å². The zero-order valence-electron chi connectivity index (χ0n) is 13.2. The van der Waals surface area contributed by atoms with Crippen LogP contribution in [0.5, 0.6) is 0 Å². The summed E-state index contributed by atoms with van der Waals surface area (Å²) in [4.78, 5) is 12.5. The smallest absolute Gasteiger partial charge is 0.254 e. The molecule has 3 rings (SSSR count). The molecule has 6 nitrogen and oxygen atoms in total. The summed E-state index contributed by atoms with van der Waals surface area (Å²) >= 11 is 5.21. The lowest BCUT2D eigenvalue weighted by Crippen LogP contribution is -2.34. The first kappa shape index (κ1) is 15.9. The second-order valence-corrected chi connectivity index (χ2v) is 6.21. The summed E-state index contributed by atoms with van der Waals surface area (Å²) in [5, 5.41) is 9.86. The standard InChI is InChI=1S/C16H20N4O2S/c1-10(2)20-13(18-19-16(20)23)9-17-15(21)14-12-6-4-3-5-11(12)7-8-22-14/h3-6,10,14H,7-9H2,1-2H3,(H,17,21)(H,19,23)/t14-/m0/s1. The minimum Gasteiger partial charge on any atom is -0.363 e. The van der Waals surface area contributed by atoms with Crippen LogP contribution in [0.3, 0.4) is 0 Å². The van der Waals surface area contributed by atoms with Gasteiger partial charge in [0.05, 0.1) is 13.2 Å². The van der Waals surface area contributed by atoms with E-state index in [1.807, 2.05) is 42.7 Å². The van der Waals surface area contributed by atoms with Crippen LogP contribution in [0, 0.1) is 4.77 Å². The topological polar surface area (TPSA) is 71.9 Å². The highest BCUT2D eigenvalue weighted by atomic mass is 32.1. The summed E-state index contributed by atoms with van der Waals surface area (Å²) in [5.74, 6) is 0.559. The Labute approximate surface area is 139 Å². The largest absolute Gasteiger partial charge is 0.363 e. The Morgan fingerprint density at radius 3 is 3.09 bits per heavy atom. The van der Waals surface area contributed by atoms with Gasteiger partial charge in [-0.15, -0.1) is 0 Å². The molecule has 1 aliphatic heterocycles. The number of aromatic amines is 1. The lowest BCUT2D eigenvalue weighted by Gasteiger charge is -2.25. The number of amides is 1. The molecule has 0 radical (unpaired) electrons. The molecule has 1 aromatic heterocycles. The Hall–Kier alpha value is -1.99. The van der Waals surface area contributed by atoms with Crippen molar-refractivity contribution < 1.29 is 9.53 Å². The van der Waals surface area contributed by atoms with Crippen molar-refractivity contribution in [2.45, 2.75) is 39.0 Å². The number of nitrogens with zero attached hydrogens (tertiary/aromatic N) is 2. The maximum Gasteiger partial charge on any atom is 0.254 e. The van der Waals surface area contributed by atoms with Crippen LogP contribution in [-0.4, -0.2) is 27.3 Å². The number of hydrogen-bond acceptors (Lipinski definition) is 4. The van der Waals surface area contributed by atoms with Gasteiger partial charge in [-0.25, -0.2) is 0 Å². The summed E-state index contributed by atoms with van der Waals surface area (Å²) < 4.78 is 8.12. The average Bonchev–Trinajstić information content (AvgIpc) is 2.93. The van der Waals surface area contributed by atoms with E-state index in [9.17, 15) is 4.79 Å². The number of hydrogen-bond donors (Lipinski definition) is 2. The van der Waals surface area contributed by atoms with Crippen molar-refractivity contribution in [3.05, 3.63) is 46.0 Å². The zero-order valence-corrected chi connectivity index (χ0v) is 14.0. The average molecular weight is 332 g/mol. The van der Waals surface area contributed by atoms with E-state index in [0.29, 0.717) is 23.7 Å². The van der Waals surface area contributed by atoms with Crippen LogP contribution < -0.4 is 5.32 Å². The fraction of sp³-hybridized carbons (Fsp3) is 0.438. The van der Waals surface area contributed by atoms with E-state index in [2.05, 4.69) is 15.5 Å². The molecule has 0 saturated carbocycles. The van der Waals surface area contributed by atoms with Gasteiger partial charge in [0.2, 0.25) is 0 Å². The van der Waals surface area contributed by atoms with Crippen molar-refractivity contribution in [1.82, 2.24) is 20.1 Å². The molecule has 0 unspecified atom stereocenters. The molecule has 0 aliphatic carbocycles. The quantitative estimate of drug-likeness (QED) is 0.844. The molecular weight excluding hydrogens is 312 g/mol. The maximum absolute atomic E-state index is 12.5. The van der Waals surface area contributed by atoms with Gasteiger partial charge in [0.15, 0.2) is 16.7 Å². The second-order valence-electron chi connectivity index (χ2n) is 5.83. The predicted molar refractivity (Wildman–Crippen MR) is 88.5 cm³/mol. The molecule has 0 fully saturated rings. The number of ether oxygens (including phenoxy) is 1. The number of carbonyl (C=O) groups excluding carboxylic acids is 1. The lowest BCUT2D eigenvalue weighted by atomic mass is 9.97. The summed E-state index contributed by atoms with van der Waals surface area (Å²) in [6.45, 7) is 4.92. The summed E-state index contributed by atoms with van der Waals surface area (Å²) in [7, 11) is 0. The monoisotopic (exact) mass is 332 g/mol. The maximum atomic E-state index is 12.5. The molecule has 2 N–H and O–H groups in total. The lowest BCUT2D eigenvalue weighted by molar-refractivity contribution is -0.134. The van der Waals surface area contributed by atoms with Gasteiger partial charge in [-0.1, -0.05) is 24.3 Å². The van der Waals surface area contributed by atoms with E-state index in [-0.39, 0.29) is 11.9 Å². The van der Waals surface area contributed by atoms with Gasteiger partial charge in [0.1, 0.15) is 0 Å². The fourth-order valence-corrected chi connectivity index (χ4v) is 3.23. The number of carbonyl (C=O) groups is 1. The first-order valence-electron chi connectivity index (χ1n) is 7.71. The normalized spacial score (nSPS) is 17.1. The summed E-state index contributed by atoms with van der Waals surface area (Å²) in [6.07, 6.45) is 0.278. The molecule has 7 heteroatoms. The number of fused-ring (bicyclic) bond motifs is 1. The second kappa shape index (κ2) is 6.64. The highest BCUT2D eigenvalue weighted by Gasteiger charge is 2.27. The van der Waals surface area contributed by atoms with Crippen molar-refractivity contribution in [3.63, 3.8) is 0 Å². The van der Waals surface area contributed by atoms with Crippen molar-refractivity contribution in [3.8, 4) is 0 Å². The van der Waals surface area contributed by atoms with Crippen molar-refractivity contribution in [2.75, 3.05) is 6.61 Å². The molecule has 23 heavy (non-hydrogen) atoms. The molecule has 0 saturated heterocycles. The molecule has 2 heterocycles. The molecule has 1 aromatic carbocycles. The van der Waals surface area contributed by atoms with E-state index in [1.165, 1.54) is 5.56 Å². The minimum atomic E-state index is -0.561. The number of benzene rings is 1. The van der Waals surface area contributed by atoms with E-state index < -0.39 is 6.10 Å². The Morgan fingerprint density at radius 2 is 2.30 bits per heavy atom. The van der Waals surface area contributed by atoms with Gasteiger partial charge in [0.25, 0.3) is 5.91 Å². The third kappa shape index (κ3) is 3.20. The summed E-state index contributed by atoms with van der Waals surface area (Å²) in [5.41, 5.74) is 2.11. The third-order valence-electron chi connectivity index (χ3n) is 3.95. The zero-order chi connectivity index (χ0) is 16.4. The van der Waals surface area contributed by atoms with Crippen LogP contribution in [0.2, 0.25) is 0 Å². The van der Waals surface area contributed by atoms with E-state index in [1.54, 1.807) is 0 Å². The van der Waals surface area contributed by atoms with E-state index >= 15 is 0 Å². The third-order valence-corrected chi connectivity index (χ3v) is 4.23. The number of rotatable bonds is 4. The molecule has 2 aromatic rings. The molecule has 122 valence electrons. The van der Waals surface area contributed by atoms with Crippen LogP contribution in [0.1, 0.15) is 42.9 Å². The van der Waals surface area contributed by atoms with E-state index in [0.717, 1.165) is 12.0 Å². The van der Waals surface area contributed by atoms with Crippen molar-refractivity contribution in [1.29, 1.82) is 0 Å². The van der Waals surface area contributed by atoms with Crippen LogP contribution in [0.4, 0.5) is 0 Å². The van der Waals surface area contributed by atoms with Crippen LogP contribution in [-0.2, 0) is 22.5 Å². The molecule has 1 amide bonds. The van der Waals surface area contributed by atoms with Gasteiger partial charge in [-0.05, 0) is 43.6 Å². The summed E-state index contributed by atoms with van der Waals surface area (Å²) in [6, 6.07) is 8.09. The van der Waals surface area contributed by atoms with Gasteiger partial charge < -0.3 is 14.6 Å². The van der Waals surface area contributed by atoms with Crippen molar-refractivity contribution in [2.24, 2.45) is 0 Å². The fourth-order valence-electron chi connectivity index (χ4n) is 2.86. The molecule has 0 bridgehead atoms. The van der Waals surface area contributed by atoms with Gasteiger partial charge >= 0.3 is 0 Å².